The summed E-state index contributed by atoms with van der Waals surface area (Å²) in [5.74, 6) is -0.232. The molecule has 0 spiro atoms. The monoisotopic (exact) mass is 384 g/mol. The molecule has 0 amide bonds. The van der Waals surface area contributed by atoms with Crippen LogP contribution in [0, 0.1) is 15.9 Å². The molecule has 0 aliphatic heterocycles. The van der Waals surface area contributed by atoms with Crippen molar-refractivity contribution < 1.29 is 9.31 Å². The van der Waals surface area contributed by atoms with E-state index in [4.69, 9.17) is 11.6 Å². The van der Waals surface area contributed by atoms with Crippen molar-refractivity contribution in [3.05, 3.63) is 75.4 Å². The summed E-state index contributed by atoms with van der Waals surface area (Å²) in [7, 11) is 0. The number of nitro groups is 1. The standard InChI is InChI=1S/C17H10ClFN6O2/c18-15-13(25(26)27)8-21-16(22-15)14-11-5-3-7-20-17(11)24(23-14)9-10-4-1-2-6-12(10)19/h1-8H,9H2. The molecule has 134 valence electrons. The third kappa shape index (κ3) is 3.08. The summed E-state index contributed by atoms with van der Waals surface area (Å²) >= 11 is 5.89. The lowest BCUT2D eigenvalue weighted by Gasteiger charge is -2.04. The Bertz CT molecular complexity index is 1180. The molecule has 4 aromatic rings. The van der Waals surface area contributed by atoms with E-state index in [-0.39, 0.29) is 23.3 Å². The molecule has 10 heteroatoms. The zero-order chi connectivity index (χ0) is 19.0. The van der Waals surface area contributed by atoms with Gasteiger partial charge in [0.2, 0.25) is 5.15 Å². The van der Waals surface area contributed by atoms with E-state index in [9.17, 15) is 14.5 Å². The van der Waals surface area contributed by atoms with Gasteiger partial charge in [0.25, 0.3) is 0 Å². The Balaban J connectivity index is 1.84. The van der Waals surface area contributed by atoms with Gasteiger partial charge in [0.05, 0.1) is 16.9 Å². The molecule has 3 heterocycles. The molecule has 0 saturated carbocycles. The summed E-state index contributed by atoms with van der Waals surface area (Å²) in [4.78, 5) is 22.5. The van der Waals surface area contributed by atoms with E-state index in [1.54, 1.807) is 36.5 Å². The second-order valence-corrected chi connectivity index (χ2v) is 5.96. The maximum absolute atomic E-state index is 14.0. The third-order valence-electron chi connectivity index (χ3n) is 3.92. The summed E-state index contributed by atoms with van der Waals surface area (Å²) in [5.41, 5.74) is 0.912. The van der Waals surface area contributed by atoms with Crippen LogP contribution in [0.25, 0.3) is 22.6 Å². The Morgan fingerprint density at radius 2 is 2.00 bits per heavy atom. The van der Waals surface area contributed by atoms with Crippen molar-refractivity contribution in [2.24, 2.45) is 0 Å². The summed E-state index contributed by atoms with van der Waals surface area (Å²) in [6.07, 6.45) is 2.62. The average molecular weight is 385 g/mol. The Kier molecular flexibility index (Phi) is 4.21. The van der Waals surface area contributed by atoms with Gasteiger partial charge in [0.15, 0.2) is 11.5 Å². The van der Waals surface area contributed by atoms with Gasteiger partial charge in [-0.3, -0.25) is 10.1 Å². The molecule has 0 aliphatic rings. The molecule has 27 heavy (non-hydrogen) atoms. The van der Waals surface area contributed by atoms with Crippen molar-refractivity contribution in [2.45, 2.75) is 6.54 Å². The number of pyridine rings is 1. The van der Waals surface area contributed by atoms with Crippen LogP contribution in [-0.4, -0.2) is 29.7 Å². The maximum Gasteiger partial charge on any atom is 0.324 e. The van der Waals surface area contributed by atoms with Gasteiger partial charge in [-0.1, -0.05) is 29.8 Å². The predicted octanol–water partition coefficient (Wildman–Crippen LogP) is 3.64. The molecule has 0 radical (unpaired) electrons. The highest BCUT2D eigenvalue weighted by atomic mass is 35.5. The highest BCUT2D eigenvalue weighted by Gasteiger charge is 2.20. The number of nitrogens with zero attached hydrogens (tertiary/aromatic N) is 6. The van der Waals surface area contributed by atoms with Crippen molar-refractivity contribution in [2.75, 3.05) is 0 Å². The number of fused-ring (bicyclic) bond motifs is 1. The van der Waals surface area contributed by atoms with Crippen LogP contribution in [0.2, 0.25) is 5.15 Å². The van der Waals surface area contributed by atoms with E-state index in [0.717, 1.165) is 6.20 Å². The second kappa shape index (κ2) is 6.69. The van der Waals surface area contributed by atoms with Gasteiger partial charge < -0.3 is 0 Å². The molecule has 0 saturated heterocycles. The lowest BCUT2D eigenvalue weighted by molar-refractivity contribution is -0.385. The largest absolute Gasteiger partial charge is 0.324 e. The predicted molar refractivity (Wildman–Crippen MR) is 95.7 cm³/mol. The van der Waals surface area contributed by atoms with Crippen LogP contribution in [0.3, 0.4) is 0 Å². The zero-order valence-electron chi connectivity index (χ0n) is 13.6. The van der Waals surface area contributed by atoms with Crippen molar-refractivity contribution in [3.63, 3.8) is 0 Å². The molecule has 1 aromatic carbocycles. The van der Waals surface area contributed by atoms with E-state index < -0.39 is 10.6 Å². The van der Waals surface area contributed by atoms with Crippen molar-refractivity contribution >= 4 is 28.3 Å². The molecule has 4 rings (SSSR count). The molecule has 0 N–H and O–H groups in total. The third-order valence-corrected chi connectivity index (χ3v) is 4.20. The topological polar surface area (TPSA) is 99.6 Å². The maximum atomic E-state index is 14.0. The lowest BCUT2D eigenvalue weighted by atomic mass is 10.2. The smallest absolute Gasteiger partial charge is 0.258 e. The molecule has 0 atom stereocenters. The van der Waals surface area contributed by atoms with Crippen LogP contribution >= 0.6 is 11.6 Å². The zero-order valence-corrected chi connectivity index (χ0v) is 14.3. The fourth-order valence-corrected chi connectivity index (χ4v) is 2.86. The highest BCUT2D eigenvalue weighted by Crippen LogP contribution is 2.28. The summed E-state index contributed by atoms with van der Waals surface area (Å²) in [6, 6.07) is 9.85. The van der Waals surface area contributed by atoms with Gasteiger partial charge in [0, 0.05) is 11.8 Å². The lowest BCUT2D eigenvalue weighted by Crippen LogP contribution is -2.05. The highest BCUT2D eigenvalue weighted by molar-refractivity contribution is 6.31. The van der Waals surface area contributed by atoms with E-state index in [1.807, 2.05) is 0 Å². The molecule has 0 unspecified atom stereocenters. The number of rotatable bonds is 4. The minimum absolute atomic E-state index is 0.121. The van der Waals surface area contributed by atoms with Crippen molar-refractivity contribution in [1.29, 1.82) is 0 Å². The minimum atomic E-state index is -0.664. The molecular weight excluding hydrogens is 375 g/mol. The molecule has 0 aliphatic carbocycles. The minimum Gasteiger partial charge on any atom is -0.258 e. The summed E-state index contributed by atoms with van der Waals surface area (Å²) < 4.78 is 15.5. The van der Waals surface area contributed by atoms with Crippen molar-refractivity contribution in [3.8, 4) is 11.5 Å². The first-order chi connectivity index (χ1) is 13.0. The van der Waals surface area contributed by atoms with Gasteiger partial charge in [-0.05, 0) is 18.2 Å². The molecule has 0 bridgehead atoms. The molecule has 8 nitrogen and oxygen atoms in total. The fourth-order valence-electron chi connectivity index (χ4n) is 2.66. The first-order valence-corrected chi connectivity index (χ1v) is 8.14. The summed E-state index contributed by atoms with van der Waals surface area (Å²) in [6.45, 7) is 0.154. The van der Waals surface area contributed by atoms with Crippen LogP contribution in [0.1, 0.15) is 5.56 Å². The SMILES string of the molecule is O=[N+]([O-])c1cnc(-c2nn(Cc3ccccc3F)c3ncccc23)nc1Cl. The van der Waals surface area contributed by atoms with E-state index in [1.165, 1.54) is 10.7 Å². The Labute approximate surface area is 156 Å². The van der Waals surface area contributed by atoms with E-state index >= 15 is 0 Å². The number of benzene rings is 1. The average Bonchev–Trinajstić information content (AvgIpc) is 3.02. The van der Waals surface area contributed by atoms with E-state index in [2.05, 4.69) is 20.1 Å². The quantitative estimate of drug-likeness (QED) is 0.302. The van der Waals surface area contributed by atoms with Crippen LogP contribution in [-0.2, 0) is 6.54 Å². The van der Waals surface area contributed by atoms with Crippen molar-refractivity contribution in [1.82, 2.24) is 24.7 Å². The van der Waals surface area contributed by atoms with Gasteiger partial charge in [-0.25, -0.2) is 24.0 Å². The second-order valence-electron chi connectivity index (χ2n) is 5.60. The fraction of sp³-hybridized carbons (Fsp3) is 0.0588. The van der Waals surface area contributed by atoms with E-state index in [0.29, 0.717) is 22.3 Å². The summed E-state index contributed by atoms with van der Waals surface area (Å²) in [5, 5.41) is 15.7. The number of hydrogen-bond acceptors (Lipinski definition) is 6. The Hall–Kier alpha value is -3.46. The Morgan fingerprint density at radius 1 is 1.19 bits per heavy atom. The molecule has 0 fully saturated rings. The van der Waals surface area contributed by atoms with Crippen LogP contribution in [0.5, 0.6) is 0 Å². The normalized spacial score (nSPS) is 11.0. The molecular formula is C17H10ClFN6O2. The number of hydrogen-bond donors (Lipinski definition) is 0. The first kappa shape index (κ1) is 17.0. The molecule has 3 aromatic heterocycles. The Morgan fingerprint density at radius 3 is 2.74 bits per heavy atom. The number of halogens is 2. The van der Waals surface area contributed by atoms with Gasteiger partial charge >= 0.3 is 5.69 Å². The van der Waals surface area contributed by atoms with Gasteiger partial charge in [-0.15, -0.1) is 0 Å². The van der Waals surface area contributed by atoms with Crippen LogP contribution in [0.4, 0.5) is 10.1 Å². The van der Waals surface area contributed by atoms with Crippen LogP contribution < -0.4 is 0 Å². The van der Waals surface area contributed by atoms with Crippen LogP contribution in [0.15, 0.2) is 48.8 Å². The van der Waals surface area contributed by atoms with Gasteiger partial charge in [0.1, 0.15) is 17.7 Å². The number of aromatic nitrogens is 5. The first-order valence-electron chi connectivity index (χ1n) is 7.77. The van der Waals surface area contributed by atoms with Gasteiger partial charge in [-0.2, -0.15) is 5.10 Å².